The average Bonchev–Trinajstić information content (AvgIpc) is 2.52. The van der Waals surface area contributed by atoms with Crippen molar-refractivity contribution in [2.45, 2.75) is 20.3 Å². The van der Waals surface area contributed by atoms with E-state index >= 15 is 0 Å². The van der Waals surface area contributed by atoms with Crippen molar-refractivity contribution in [3.63, 3.8) is 0 Å². The lowest BCUT2D eigenvalue weighted by Gasteiger charge is -2.02. The third-order valence-electron chi connectivity index (χ3n) is 2.89. The number of halogens is 1. The minimum atomic E-state index is -3.46. The number of fused-ring (bicyclic) bond motifs is 1. The second kappa shape index (κ2) is 4.35. The molecule has 0 radical (unpaired) electrons. The number of rotatable bonds is 3. The van der Waals surface area contributed by atoms with Crippen molar-refractivity contribution in [1.29, 1.82) is 0 Å². The fourth-order valence-electron chi connectivity index (χ4n) is 1.94. The molecule has 0 aliphatic carbocycles. The van der Waals surface area contributed by atoms with E-state index in [4.69, 9.17) is 15.1 Å². The highest BCUT2D eigenvalue weighted by molar-refractivity contribution is 8.13. The molecule has 0 bridgehead atoms. The van der Waals surface area contributed by atoms with Crippen LogP contribution in [-0.4, -0.2) is 14.2 Å². The first-order chi connectivity index (χ1) is 7.88. The van der Waals surface area contributed by atoms with Crippen LogP contribution in [0.1, 0.15) is 16.9 Å². The van der Waals surface area contributed by atoms with E-state index in [9.17, 15) is 8.42 Å². The zero-order valence-electron chi connectivity index (χ0n) is 9.66. The Labute approximate surface area is 105 Å². The summed E-state index contributed by atoms with van der Waals surface area (Å²) in [5.41, 5.74) is 2.81. The lowest BCUT2D eigenvalue weighted by atomic mass is 10.0. The average molecular weight is 273 g/mol. The van der Waals surface area contributed by atoms with Gasteiger partial charge in [0.25, 0.3) is 0 Å². The number of aryl methyl sites for hydroxylation is 3. The van der Waals surface area contributed by atoms with Crippen LogP contribution in [0.25, 0.3) is 11.0 Å². The zero-order valence-corrected chi connectivity index (χ0v) is 11.2. The van der Waals surface area contributed by atoms with Gasteiger partial charge in [0, 0.05) is 16.1 Å². The molecule has 0 atom stereocenters. The van der Waals surface area contributed by atoms with Crippen LogP contribution >= 0.6 is 10.7 Å². The first kappa shape index (κ1) is 12.5. The third-order valence-corrected chi connectivity index (χ3v) is 4.05. The summed E-state index contributed by atoms with van der Waals surface area (Å²) >= 11 is 0. The molecule has 2 rings (SSSR count). The van der Waals surface area contributed by atoms with Gasteiger partial charge in [-0.1, -0.05) is 12.1 Å². The molecule has 1 heterocycles. The summed E-state index contributed by atoms with van der Waals surface area (Å²) in [5.74, 6) is 0.804. The van der Waals surface area contributed by atoms with Crippen LogP contribution in [-0.2, 0) is 15.5 Å². The molecule has 1 aromatic carbocycles. The number of hydrogen-bond acceptors (Lipinski definition) is 3. The van der Waals surface area contributed by atoms with Gasteiger partial charge in [-0.05, 0) is 37.5 Å². The smallest absolute Gasteiger partial charge is 0.232 e. The van der Waals surface area contributed by atoms with E-state index < -0.39 is 9.05 Å². The molecule has 3 nitrogen and oxygen atoms in total. The van der Waals surface area contributed by atoms with Crippen LogP contribution in [0, 0.1) is 13.8 Å². The van der Waals surface area contributed by atoms with E-state index in [-0.39, 0.29) is 5.75 Å². The largest absolute Gasteiger partial charge is 0.461 e. The quantitative estimate of drug-likeness (QED) is 0.807. The van der Waals surface area contributed by atoms with Gasteiger partial charge in [-0.25, -0.2) is 8.42 Å². The fraction of sp³-hybridized carbons (Fsp3) is 0.333. The summed E-state index contributed by atoms with van der Waals surface area (Å²) in [4.78, 5) is 0. The van der Waals surface area contributed by atoms with Gasteiger partial charge in [0.2, 0.25) is 9.05 Å². The standard InChI is InChI=1S/C12H13ClO3S/c1-8-9(2)16-11-5-3-4-10(12(8)11)6-7-17(13,14)15/h3-5H,6-7H2,1-2H3. The highest BCUT2D eigenvalue weighted by Gasteiger charge is 2.13. The molecule has 0 fully saturated rings. The maximum absolute atomic E-state index is 11.0. The van der Waals surface area contributed by atoms with Gasteiger partial charge < -0.3 is 4.42 Å². The second-order valence-corrected chi connectivity index (χ2v) is 6.96. The first-order valence-electron chi connectivity index (χ1n) is 5.28. The van der Waals surface area contributed by atoms with Gasteiger partial charge >= 0.3 is 0 Å². The molecule has 92 valence electrons. The van der Waals surface area contributed by atoms with Crippen molar-refractivity contribution in [3.05, 3.63) is 35.1 Å². The fourth-order valence-corrected chi connectivity index (χ4v) is 2.64. The van der Waals surface area contributed by atoms with E-state index in [1.165, 1.54) is 0 Å². The van der Waals surface area contributed by atoms with E-state index in [0.29, 0.717) is 6.42 Å². The molecule has 17 heavy (non-hydrogen) atoms. The number of furan rings is 1. The summed E-state index contributed by atoms with van der Waals surface area (Å²) in [5, 5.41) is 1.00. The van der Waals surface area contributed by atoms with Crippen molar-refractivity contribution in [3.8, 4) is 0 Å². The summed E-state index contributed by atoms with van der Waals surface area (Å²) in [7, 11) is 1.77. The number of hydrogen-bond donors (Lipinski definition) is 0. The van der Waals surface area contributed by atoms with Crippen LogP contribution in [0.3, 0.4) is 0 Å². The Hall–Kier alpha value is -1.00. The Morgan fingerprint density at radius 1 is 1.29 bits per heavy atom. The Morgan fingerprint density at radius 2 is 2.00 bits per heavy atom. The SMILES string of the molecule is Cc1oc2cccc(CCS(=O)(=O)Cl)c2c1C. The van der Waals surface area contributed by atoms with Gasteiger partial charge in [-0.2, -0.15) is 0 Å². The molecule has 1 aromatic heterocycles. The maximum atomic E-state index is 11.0. The Bertz CT molecular complexity index is 656. The normalized spacial score (nSPS) is 12.2. The van der Waals surface area contributed by atoms with Crippen LogP contribution in [0.5, 0.6) is 0 Å². The van der Waals surface area contributed by atoms with Gasteiger partial charge in [0.1, 0.15) is 11.3 Å². The predicted octanol–water partition coefficient (Wildman–Crippen LogP) is 3.16. The zero-order chi connectivity index (χ0) is 12.6. The Morgan fingerprint density at radius 3 is 2.65 bits per heavy atom. The van der Waals surface area contributed by atoms with Gasteiger partial charge in [-0.3, -0.25) is 0 Å². The van der Waals surface area contributed by atoms with E-state index in [2.05, 4.69) is 0 Å². The van der Waals surface area contributed by atoms with Crippen molar-refractivity contribution in [1.82, 2.24) is 0 Å². The lowest BCUT2D eigenvalue weighted by Crippen LogP contribution is -2.01. The molecule has 0 saturated carbocycles. The molecule has 0 N–H and O–H groups in total. The predicted molar refractivity (Wildman–Crippen MR) is 69.0 cm³/mol. The second-order valence-electron chi connectivity index (χ2n) is 4.07. The topological polar surface area (TPSA) is 47.3 Å². The Balaban J connectivity index is 2.47. The van der Waals surface area contributed by atoms with Crippen molar-refractivity contribution in [2.24, 2.45) is 0 Å². The maximum Gasteiger partial charge on any atom is 0.232 e. The summed E-state index contributed by atoms with van der Waals surface area (Å²) in [6.07, 6.45) is 0.406. The molecule has 0 spiro atoms. The highest BCUT2D eigenvalue weighted by Crippen LogP contribution is 2.28. The molecule has 2 aromatic rings. The van der Waals surface area contributed by atoms with Crippen LogP contribution in [0.2, 0.25) is 0 Å². The highest BCUT2D eigenvalue weighted by atomic mass is 35.7. The van der Waals surface area contributed by atoms with E-state index in [1.807, 2.05) is 32.0 Å². The molecular formula is C12H13ClO3S. The summed E-state index contributed by atoms with van der Waals surface area (Å²) in [6.45, 7) is 3.87. The van der Waals surface area contributed by atoms with E-state index in [0.717, 1.165) is 27.9 Å². The minimum Gasteiger partial charge on any atom is -0.461 e. The minimum absolute atomic E-state index is 0.0582. The first-order valence-corrected chi connectivity index (χ1v) is 7.76. The molecule has 0 aliphatic rings. The lowest BCUT2D eigenvalue weighted by molar-refractivity contribution is 0.575. The molecule has 0 saturated heterocycles. The monoisotopic (exact) mass is 272 g/mol. The molecular weight excluding hydrogens is 260 g/mol. The third kappa shape index (κ3) is 2.64. The van der Waals surface area contributed by atoms with Gasteiger partial charge in [0.15, 0.2) is 0 Å². The molecule has 0 aliphatic heterocycles. The van der Waals surface area contributed by atoms with Crippen molar-refractivity contribution < 1.29 is 12.8 Å². The van der Waals surface area contributed by atoms with Crippen molar-refractivity contribution in [2.75, 3.05) is 5.75 Å². The van der Waals surface area contributed by atoms with E-state index in [1.54, 1.807) is 0 Å². The van der Waals surface area contributed by atoms with Crippen LogP contribution in [0.4, 0.5) is 0 Å². The molecule has 0 amide bonds. The summed E-state index contributed by atoms with van der Waals surface area (Å²) in [6, 6.07) is 5.65. The molecule has 5 heteroatoms. The van der Waals surface area contributed by atoms with Crippen molar-refractivity contribution >= 4 is 30.7 Å². The summed E-state index contributed by atoms with van der Waals surface area (Å²) < 4.78 is 27.5. The molecule has 0 unspecified atom stereocenters. The van der Waals surface area contributed by atoms with Gasteiger partial charge in [0.05, 0.1) is 5.75 Å². The van der Waals surface area contributed by atoms with Crippen LogP contribution < -0.4 is 0 Å². The van der Waals surface area contributed by atoms with Crippen LogP contribution in [0.15, 0.2) is 22.6 Å². The Kier molecular flexibility index (Phi) is 3.19. The number of benzene rings is 1. The van der Waals surface area contributed by atoms with Gasteiger partial charge in [-0.15, -0.1) is 0 Å².